The summed E-state index contributed by atoms with van der Waals surface area (Å²) in [5.41, 5.74) is 0.348. The normalized spacial score (nSPS) is 9.50. The Balaban J connectivity index is 3.02. The molecule has 0 atom stereocenters. The molecule has 0 aliphatic carbocycles. The van der Waals surface area contributed by atoms with Crippen molar-refractivity contribution >= 4 is 5.97 Å². The molecule has 64 valence electrons. The van der Waals surface area contributed by atoms with Crippen molar-refractivity contribution in [2.75, 3.05) is 0 Å². The van der Waals surface area contributed by atoms with Crippen LogP contribution in [0.3, 0.4) is 0 Å². The van der Waals surface area contributed by atoms with Crippen molar-refractivity contribution in [1.29, 1.82) is 0 Å². The number of ether oxygens (including phenoxy) is 1. The minimum absolute atomic E-state index is 0.0353. The highest BCUT2D eigenvalue weighted by Crippen LogP contribution is 2.01. The van der Waals surface area contributed by atoms with E-state index < -0.39 is 5.97 Å². The van der Waals surface area contributed by atoms with E-state index >= 15 is 0 Å². The van der Waals surface area contributed by atoms with Gasteiger partial charge in [-0.15, -0.1) is 0 Å². The number of pyridine rings is 1. The molecule has 12 heavy (non-hydrogen) atoms. The van der Waals surface area contributed by atoms with Crippen molar-refractivity contribution in [1.82, 2.24) is 4.98 Å². The number of hydrogen-bond donors (Lipinski definition) is 1. The summed E-state index contributed by atoms with van der Waals surface area (Å²) < 4.78 is 4.62. The molecule has 0 fully saturated rings. The van der Waals surface area contributed by atoms with Crippen LogP contribution in [0.4, 0.5) is 0 Å². The molecule has 0 amide bonds. The van der Waals surface area contributed by atoms with Crippen LogP contribution in [0.25, 0.3) is 0 Å². The molecule has 0 saturated heterocycles. The van der Waals surface area contributed by atoms with E-state index in [1.807, 2.05) is 0 Å². The van der Waals surface area contributed by atoms with E-state index in [-0.39, 0.29) is 11.3 Å². The summed E-state index contributed by atoms with van der Waals surface area (Å²) in [6.07, 6.45) is 0. The summed E-state index contributed by atoms with van der Waals surface area (Å²) in [7, 11) is 0. The summed E-state index contributed by atoms with van der Waals surface area (Å²) in [6.45, 7) is 3.00. The first-order valence-electron chi connectivity index (χ1n) is 3.48. The quantitative estimate of drug-likeness (QED) is 0.623. The molecule has 0 radical (unpaired) electrons. The van der Waals surface area contributed by atoms with Crippen LogP contribution < -0.4 is 10.3 Å². The Bertz CT molecular complexity index is 354. The number of aryl methyl sites for hydroxylation is 1. The van der Waals surface area contributed by atoms with Crippen molar-refractivity contribution < 1.29 is 9.53 Å². The minimum atomic E-state index is -0.496. The SMILES string of the molecule is CC(=O)Oc1ccc(C)[nH]c1=O. The van der Waals surface area contributed by atoms with E-state index in [1.165, 1.54) is 13.0 Å². The van der Waals surface area contributed by atoms with Crippen LogP contribution in [0.1, 0.15) is 12.6 Å². The van der Waals surface area contributed by atoms with Crippen molar-refractivity contribution in [3.8, 4) is 5.75 Å². The van der Waals surface area contributed by atoms with Gasteiger partial charge >= 0.3 is 5.97 Å². The second-order valence-corrected chi connectivity index (χ2v) is 2.43. The van der Waals surface area contributed by atoms with Gasteiger partial charge in [0, 0.05) is 12.6 Å². The topological polar surface area (TPSA) is 59.2 Å². The molecule has 0 saturated carbocycles. The predicted molar refractivity (Wildman–Crippen MR) is 43.1 cm³/mol. The lowest BCUT2D eigenvalue weighted by atomic mass is 10.4. The van der Waals surface area contributed by atoms with Crippen LogP contribution in [-0.4, -0.2) is 11.0 Å². The summed E-state index contributed by atoms with van der Waals surface area (Å²) in [5.74, 6) is -0.461. The fourth-order valence-corrected chi connectivity index (χ4v) is 0.794. The molecule has 1 heterocycles. The number of hydrogen-bond acceptors (Lipinski definition) is 3. The highest BCUT2D eigenvalue weighted by Gasteiger charge is 2.02. The van der Waals surface area contributed by atoms with Gasteiger partial charge in [-0.3, -0.25) is 9.59 Å². The maximum absolute atomic E-state index is 11.0. The van der Waals surface area contributed by atoms with E-state index in [4.69, 9.17) is 0 Å². The Morgan fingerprint density at radius 1 is 1.50 bits per heavy atom. The lowest BCUT2D eigenvalue weighted by Crippen LogP contribution is -2.14. The van der Waals surface area contributed by atoms with Gasteiger partial charge in [-0.25, -0.2) is 0 Å². The van der Waals surface area contributed by atoms with Crippen LogP contribution in [0.5, 0.6) is 5.75 Å². The molecule has 1 aromatic rings. The first kappa shape index (κ1) is 8.52. The van der Waals surface area contributed by atoms with E-state index in [1.54, 1.807) is 13.0 Å². The number of aromatic amines is 1. The zero-order valence-electron chi connectivity index (χ0n) is 6.88. The first-order chi connectivity index (χ1) is 5.59. The monoisotopic (exact) mass is 167 g/mol. The number of carbonyl (C=O) groups excluding carboxylic acids is 1. The molecule has 1 rings (SSSR count). The third-order valence-corrected chi connectivity index (χ3v) is 1.27. The molecular formula is C8H9NO3. The zero-order chi connectivity index (χ0) is 9.14. The summed E-state index contributed by atoms with van der Waals surface area (Å²) >= 11 is 0. The van der Waals surface area contributed by atoms with Gasteiger partial charge in [-0.05, 0) is 19.1 Å². The lowest BCUT2D eigenvalue weighted by Gasteiger charge is -1.99. The highest BCUT2D eigenvalue weighted by atomic mass is 16.5. The molecule has 0 bridgehead atoms. The smallest absolute Gasteiger partial charge is 0.308 e. The van der Waals surface area contributed by atoms with Crippen LogP contribution in [0.15, 0.2) is 16.9 Å². The molecule has 0 aromatic carbocycles. The maximum Gasteiger partial charge on any atom is 0.308 e. The molecule has 0 unspecified atom stereocenters. The van der Waals surface area contributed by atoms with Gasteiger partial charge in [-0.2, -0.15) is 0 Å². The highest BCUT2D eigenvalue weighted by molar-refractivity contribution is 5.69. The van der Waals surface area contributed by atoms with Crippen molar-refractivity contribution in [3.05, 3.63) is 28.2 Å². The number of aromatic nitrogens is 1. The fraction of sp³-hybridized carbons (Fsp3) is 0.250. The molecule has 0 spiro atoms. The number of nitrogens with one attached hydrogen (secondary N) is 1. The predicted octanol–water partition coefficient (Wildman–Crippen LogP) is 0.609. The molecule has 4 nitrogen and oxygen atoms in total. The van der Waals surface area contributed by atoms with Crippen LogP contribution in [-0.2, 0) is 4.79 Å². The number of esters is 1. The van der Waals surface area contributed by atoms with Gasteiger partial charge in [-0.1, -0.05) is 0 Å². The van der Waals surface area contributed by atoms with Gasteiger partial charge in [0.15, 0.2) is 5.75 Å². The van der Waals surface area contributed by atoms with Gasteiger partial charge < -0.3 is 9.72 Å². The van der Waals surface area contributed by atoms with E-state index in [2.05, 4.69) is 9.72 Å². The first-order valence-corrected chi connectivity index (χ1v) is 3.48. The van der Waals surface area contributed by atoms with Crippen LogP contribution in [0, 0.1) is 6.92 Å². The molecular weight excluding hydrogens is 158 g/mol. The number of rotatable bonds is 1. The van der Waals surface area contributed by atoms with Gasteiger partial charge in [0.05, 0.1) is 0 Å². The Morgan fingerprint density at radius 3 is 2.67 bits per heavy atom. The van der Waals surface area contributed by atoms with Crippen molar-refractivity contribution in [2.24, 2.45) is 0 Å². The lowest BCUT2D eigenvalue weighted by molar-refractivity contribution is -0.131. The minimum Gasteiger partial charge on any atom is -0.421 e. The van der Waals surface area contributed by atoms with Crippen molar-refractivity contribution in [2.45, 2.75) is 13.8 Å². The third-order valence-electron chi connectivity index (χ3n) is 1.27. The molecule has 1 N–H and O–H groups in total. The molecule has 4 heteroatoms. The maximum atomic E-state index is 11.0. The fourth-order valence-electron chi connectivity index (χ4n) is 0.794. The third kappa shape index (κ3) is 1.95. The average molecular weight is 167 g/mol. The average Bonchev–Trinajstić information content (AvgIpc) is 1.94. The Labute approximate surface area is 69.2 Å². The summed E-state index contributed by atoms with van der Waals surface area (Å²) in [5, 5.41) is 0. The van der Waals surface area contributed by atoms with Gasteiger partial charge in [0.1, 0.15) is 0 Å². The number of H-pyrrole nitrogens is 1. The van der Waals surface area contributed by atoms with E-state index in [0.29, 0.717) is 0 Å². The number of carbonyl (C=O) groups is 1. The van der Waals surface area contributed by atoms with Crippen LogP contribution in [0.2, 0.25) is 0 Å². The Morgan fingerprint density at radius 2 is 2.17 bits per heavy atom. The second-order valence-electron chi connectivity index (χ2n) is 2.43. The van der Waals surface area contributed by atoms with E-state index in [9.17, 15) is 9.59 Å². The van der Waals surface area contributed by atoms with Crippen LogP contribution >= 0.6 is 0 Å². The molecule has 0 aliphatic heterocycles. The van der Waals surface area contributed by atoms with Crippen molar-refractivity contribution in [3.63, 3.8) is 0 Å². The summed E-state index contributed by atoms with van der Waals surface area (Å²) in [4.78, 5) is 24.0. The second kappa shape index (κ2) is 3.21. The van der Waals surface area contributed by atoms with Gasteiger partial charge in [0.25, 0.3) is 5.56 Å². The molecule has 1 aromatic heterocycles. The summed E-state index contributed by atoms with van der Waals surface area (Å²) in [6, 6.07) is 3.13. The zero-order valence-corrected chi connectivity index (χ0v) is 6.88. The largest absolute Gasteiger partial charge is 0.421 e. The molecule has 0 aliphatic rings. The van der Waals surface area contributed by atoms with Gasteiger partial charge in [0.2, 0.25) is 0 Å². The van der Waals surface area contributed by atoms with E-state index in [0.717, 1.165) is 5.69 Å². The Kier molecular flexibility index (Phi) is 2.28. The standard InChI is InChI=1S/C8H9NO3/c1-5-3-4-7(8(11)9-5)12-6(2)10/h3-4H,1-2H3,(H,9,11). The Hall–Kier alpha value is -1.58.